The zero-order chi connectivity index (χ0) is 38.1. The van der Waals surface area contributed by atoms with Crippen LogP contribution in [-0.2, 0) is 11.3 Å². The fraction of sp³-hybridized carbons (Fsp3) is 0.175. The van der Waals surface area contributed by atoms with E-state index in [0.29, 0.717) is 59.3 Å². The van der Waals surface area contributed by atoms with E-state index in [1.165, 1.54) is 23.9 Å². The molecule has 6 aromatic rings. The molecule has 2 aromatic heterocycles. The Labute approximate surface area is 323 Å². The SMILES string of the molecule is CCn1c(Sc2ccc([N+](=O)[O-])cc2/C=c2/sc3n(c2=O)[C@@H](c2ccc(C(C)C)cc2)C(C(=O)Nc2ccccc2)=C(C)N=3)nnc1-c1cccc(Cl)c1. The van der Waals surface area contributed by atoms with Crippen LogP contribution in [0.3, 0.4) is 0 Å². The number of carbonyl (C=O) groups is 1. The van der Waals surface area contributed by atoms with Crippen molar-refractivity contribution in [1.82, 2.24) is 19.3 Å². The van der Waals surface area contributed by atoms with Crippen LogP contribution in [-0.4, -0.2) is 30.2 Å². The average molecular weight is 776 g/mol. The Balaban J connectivity index is 1.35. The molecule has 0 aliphatic carbocycles. The molecule has 3 heterocycles. The number of nitro groups is 1. The Hall–Kier alpha value is -5.63. The maximum Gasteiger partial charge on any atom is 0.271 e. The monoisotopic (exact) mass is 775 g/mol. The summed E-state index contributed by atoms with van der Waals surface area (Å²) < 4.78 is 3.78. The molecular weight excluding hydrogens is 742 g/mol. The Morgan fingerprint density at radius 3 is 2.48 bits per heavy atom. The first-order chi connectivity index (χ1) is 26.0. The number of halogens is 1. The molecule has 1 aliphatic rings. The number of carbonyl (C=O) groups excluding carboxylic acids is 1. The van der Waals surface area contributed by atoms with Crippen molar-refractivity contribution in [2.24, 2.45) is 4.99 Å². The summed E-state index contributed by atoms with van der Waals surface area (Å²) in [7, 11) is 0. The minimum Gasteiger partial charge on any atom is -0.322 e. The number of thiazole rings is 1. The van der Waals surface area contributed by atoms with Crippen molar-refractivity contribution in [3.05, 3.63) is 160 Å². The van der Waals surface area contributed by atoms with Gasteiger partial charge in [-0.05, 0) is 84.6 Å². The number of hydrogen-bond donors (Lipinski definition) is 1. The van der Waals surface area contributed by atoms with E-state index in [0.717, 1.165) is 28.0 Å². The van der Waals surface area contributed by atoms with Crippen LogP contribution in [0.15, 0.2) is 128 Å². The van der Waals surface area contributed by atoms with Crippen molar-refractivity contribution < 1.29 is 9.72 Å². The predicted octanol–water partition coefficient (Wildman–Crippen LogP) is 7.99. The van der Waals surface area contributed by atoms with E-state index in [2.05, 4.69) is 29.4 Å². The molecule has 1 amide bonds. The molecule has 0 radical (unpaired) electrons. The first-order valence-corrected chi connectivity index (χ1v) is 19.2. The summed E-state index contributed by atoms with van der Waals surface area (Å²) in [6.07, 6.45) is 1.64. The minimum absolute atomic E-state index is 0.131. The Morgan fingerprint density at radius 2 is 1.80 bits per heavy atom. The molecule has 4 aromatic carbocycles. The molecule has 7 rings (SSSR count). The van der Waals surface area contributed by atoms with Crippen LogP contribution in [0, 0.1) is 10.1 Å². The number of para-hydroxylation sites is 1. The molecule has 0 unspecified atom stereocenters. The number of nitrogens with zero attached hydrogens (tertiary/aromatic N) is 6. The van der Waals surface area contributed by atoms with Crippen molar-refractivity contribution in [1.29, 1.82) is 0 Å². The number of hydrogen-bond acceptors (Lipinski definition) is 9. The van der Waals surface area contributed by atoms with Gasteiger partial charge in [-0.25, -0.2) is 4.99 Å². The zero-order valence-electron chi connectivity index (χ0n) is 29.7. The molecule has 1 atom stereocenters. The van der Waals surface area contributed by atoms with Crippen molar-refractivity contribution >= 4 is 58.1 Å². The van der Waals surface area contributed by atoms with Crippen LogP contribution in [0.25, 0.3) is 17.5 Å². The predicted molar refractivity (Wildman–Crippen MR) is 213 cm³/mol. The number of nitrogens with one attached hydrogen (secondary N) is 1. The third-order valence-corrected chi connectivity index (χ3v) is 11.3. The van der Waals surface area contributed by atoms with E-state index in [9.17, 15) is 19.7 Å². The number of amides is 1. The number of benzene rings is 4. The van der Waals surface area contributed by atoms with Crippen molar-refractivity contribution in [2.45, 2.75) is 56.3 Å². The highest BCUT2D eigenvalue weighted by atomic mass is 35.5. The number of fused-ring (bicyclic) bond motifs is 1. The molecule has 272 valence electrons. The number of allylic oxidation sites excluding steroid dienone is 1. The van der Waals surface area contributed by atoms with Gasteiger partial charge in [0.1, 0.15) is 0 Å². The van der Waals surface area contributed by atoms with Gasteiger partial charge < -0.3 is 9.88 Å². The van der Waals surface area contributed by atoms with Gasteiger partial charge >= 0.3 is 0 Å². The van der Waals surface area contributed by atoms with E-state index in [1.54, 1.807) is 41.8 Å². The van der Waals surface area contributed by atoms with Gasteiger partial charge in [-0.1, -0.05) is 91.4 Å². The summed E-state index contributed by atoms with van der Waals surface area (Å²) in [6, 6.07) is 28.1. The molecule has 1 N–H and O–H groups in total. The van der Waals surface area contributed by atoms with E-state index in [1.807, 2.05) is 72.2 Å². The molecule has 0 bridgehead atoms. The maximum atomic E-state index is 14.5. The molecular formula is C40H34ClN7O4S2. The van der Waals surface area contributed by atoms with Crippen molar-refractivity contribution in [3.63, 3.8) is 0 Å². The summed E-state index contributed by atoms with van der Waals surface area (Å²) in [6.45, 7) is 8.50. The van der Waals surface area contributed by atoms with Crippen LogP contribution in [0.1, 0.15) is 56.3 Å². The molecule has 0 saturated carbocycles. The lowest BCUT2D eigenvalue weighted by atomic mass is 9.93. The van der Waals surface area contributed by atoms with Crippen molar-refractivity contribution in [3.8, 4) is 11.4 Å². The largest absolute Gasteiger partial charge is 0.322 e. The number of aromatic nitrogens is 4. The van der Waals surface area contributed by atoms with Crippen LogP contribution in [0.2, 0.25) is 5.02 Å². The van der Waals surface area contributed by atoms with E-state index in [-0.39, 0.29) is 23.1 Å². The Kier molecular flexibility index (Phi) is 10.5. The average Bonchev–Trinajstić information content (AvgIpc) is 3.71. The molecule has 14 heteroatoms. The standard InChI is InChI=1S/C40H34ClN7O4S2/c1-5-46-36(27-10-9-11-29(41)20-27)44-45-40(46)53-32-19-18-31(48(51)52)21-28(32)22-33-38(50)47-35(26-16-14-25(15-17-26)23(2)3)34(24(4)42-39(47)54-33)37(49)43-30-12-7-6-8-13-30/h6-23,35H,5H2,1-4H3,(H,43,49)/b33-22+/t35-/m0/s1. The molecule has 11 nitrogen and oxygen atoms in total. The van der Waals surface area contributed by atoms with Crippen LogP contribution in [0.5, 0.6) is 0 Å². The minimum atomic E-state index is -0.778. The molecule has 0 spiro atoms. The number of nitro benzene ring substituents is 1. The lowest BCUT2D eigenvalue weighted by molar-refractivity contribution is -0.384. The molecule has 0 saturated heterocycles. The summed E-state index contributed by atoms with van der Waals surface area (Å²) in [5.74, 6) is 0.545. The van der Waals surface area contributed by atoms with Gasteiger partial charge in [-0.3, -0.25) is 24.3 Å². The highest BCUT2D eigenvalue weighted by Gasteiger charge is 2.33. The first kappa shape index (κ1) is 36.7. The van der Waals surface area contributed by atoms with E-state index < -0.39 is 11.0 Å². The lowest BCUT2D eigenvalue weighted by Crippen LogP contribution is -2.40. The van der Waals surface area contributed by atoms with Gasteiger partial charge in [0.25, 0.3) is 17.2 Å². The molecule has 1 aliphatic heterocycles. The summed E-state index contributed by atoms with van der Waals surface area (Å²) in [4.78, 5) is 45.8. The van der Waals surface area contributed by atoms with Crippen LogP contribution >= 0.6 is 34.7 Å². The van der Waals surface area contributed by atoms with E-state index in [4.69, 9.17) is 16.6 Å². The summed E-state index contributed by atoms with van der Waals surface area (Å²) in [5.41, 5.74) is 4.05. The summed E-state index contributed by atoms with van der Waals surface area (Å²) in [5, 5.41) is 24.9. The fourth-order valence-electron chi connectivity index (χ4n) is 6.30. The van der Waals surface area contributed by atoms with Gasteiger partial charge in [0.05, 0.1) is 26.8 Å². The smallest absolute Gasteiger partial charge is 0.271 e. The lowest BCUT2D eigenvalue weighted by Gasteiger charge is -2.25. The Morgan fingerprint density at radius 1 is 1.04 bits per heavy atom. The second-order valence-electron chi connectivity index (χ2n) is 12.9. The van der Waals surface area contributed by atoms with Gasteiger partial charge in [0.2, 0.25) is 0 Å². The maximum absolute atomic E-state index is 14.5. The highest BCUT2D eigenvalue weighted by Crippen LogP contribution is 2.35. The van der Waals surface area contributed by atoms with Crippen LogP contribution < -0.4 is 20.2 Å². The second kappa shape index (κ2) is 15.4. The van der Waals surface area contributed by atoms with Crippen molar-refractivity contribution in [2.75, 3.05) is 5.32 Å². The zero-order valence-corrected chi connectivity index (χ0v) is 32.1. The third-order valence-electron chi connectivity index (χ3n) is 9.02. The third kappa shape index (κ3) is 7.30. The molecule has 54 heavy (non-hydrogen) atoms. The fourth-order valence-corrected chi connectivity index (χ4v) is 8.50. The number of non-ortho nitro benzene ring substituents is 1. The number of anilines is 1. The Bertz CT molecular complexity index is 2630. The quantitative estimate of drug-likeness (QED) is 0.110. The van der Waals surface area contributed by atoms with Gasteiger partial charge in [-0.2, -0.15) is 0 Å². The summed E-state index contributed by atoms with van der Waals surface area (Å²) >= 11 is 8.71. The number of rotatable bonds is 10. The second-order valence-corrected chi connectivity index (χ2v) is 15.3. The van der Waals surface area contributed by atoms with Gasteiger partial charge in [0, 0.05) is 39.8 Å². The first-order valence-electron chi connectivity index (χ1n) is 17.2. The van der Waals surface area contributed by atoms with Crippen LogP contribution in [0.4, 0.5) is 11.4 Å². The van der Waals surface area contributed by atoms with E-state index >= 15 is 0 Å². The van der Waals surface area contributed by atoms with Gasteiger partial charge in [0.15, 0.2) is 15.8 Å². The topological polar surface area (TPSA) is 137 Å². The van der Waals surface area contributed by atoms with Gasteiger partial charge in [-0.15, -0.1) is 10.2 Å². The molecule has 0 fully saturated rings. The highest BCUT2D eigenvalue weighted by molar-refractivity contribution is 7.99. The normalized spacial score (nSPS) is 14.3.